The first kappa shape index (κ1) is 38.1. The van der Waals surface area contributed by atoms with Crippen molar-refractivity contribution >= 4 is 22.4 Å². The van der Waals surface area contributed by atoms with Gasteiger partial charge in [-0.25, -0.2) is 9.97 Å². The number of rotatable bonds is 15. The number of hydrogen-bond acceptors (Lipinski definition) is 11. The van der Waals surface area contributed by atoms with Crippen LogP contribution in [-0.2, 0) is 22.3 Å². The fourth-order valence-electron chi connectivity index (χ4n) is 5.22. The zero-order valence-corrected chi connectivity index (χ0v) is 29.3. The summed E-state index contributed by atoms with van der Waals surface area (Å²) in [6.07, 6.45) is 8.58. The monoisotopic (exact) mass is 695 g/mol. The Morgan fingerprint density at radius 2 is 1.25 bits per heavy atom. The number of phenols is 4. The molecule has 11 heteroatoms. The van der Waals surface area contributed by atoms with Gasteiger partial charge in [-0.15, -0.1) is 6.42 Å². The van der Waals surface area contributed by atoms with E-state index in [4.69, 9.17) is 25.4 Å². The Balaban J connectivity index is 0.000000238. The standard InChI is InChI=1S/C22H23N3O4.C18H22O4/c1-4-16-6-5-7-17(12-16)25-22-18-13-20(28-10-8-26-2)21(29-11-9-27-3)14-19(18)23-15-24-22;1-11(7-13-3-5-15(19)17(21)9-13)12(2)8-14-4-6-16(20)18(22)10-14/h1,5-7,12-15H,8-11H2,2-3H3,(H,23,24,25);3-6,9-12,19-22H,7-8H2,1-2H3/t;11-,12+. The molecule has 5 N–H and O–H groups in total. The van der Waals surface area contributed by atoms with Gasteiger partial charge in [0.15, 0.2) is 34.5 Å². The molecule has 0 amide bonds. The molecule has 1 aromatic heterocycles. The van der Waals surface area contributed by atoms with Gasteiger partial charge in [0, 0.05) is 36.9 Å². The molecule has 0 unspecified atom stereocenters. The molecule has 1 heterocycles. The Hall–Kier alpha value is -5.70. The number of aromatic nitrogens is 2. The summed E-state index contributed by atoms with van der Waals surface area (Å²) in [6, 6.07) is 21.1. The molecule has 0 aliphatic rings. The van der Waals surface area contributed by atoms with Crippen LogP contribution in [0.3, 0.4) is 0 Å². The van der Waals surface area contributed by atoms with Gasteiger partial charge in [0.1, 0.15) is 25.4 Å². The summed E-state index contributed by atoms with van der Waals surface area (Å²) in [5.41, 5.74) is 4.29. The fourth-order valence-corrected chi connectivity index (χ4v) is 5.22. The van der Waals surface area contributed by atoms with Crippen molar-refractivity contribution in [3.63, 3.8) is 0 Å². The van der Waals surface area contributed by atoms with Crippen LogP contribution in [0.15, 0.2) is 79.1 Å². The van der Waals surface area contributed by atoms with Crippen LogP contribution in [0.5, 0.6) is 34.5 Å². The van der Waals surface area contributed by atoms with Crippen molar-refractivity contribution in [2.24, 2.45) is 11.8 Å². The van der Waals surface area contributed by atoms with E-state index < -0.39 is 0 Å². The maximum absolute atomic E-state index is 9.54. The van der Waals surface area contributed by atoms with Gasteiger partial charge in [0.05, 0.1) is 18.7 Å². The summed E-state index contributed by atoms with van der Waals surface area (Å²) in [5, 5.41) is 41.9. The lowest BCUT2D eigenvalue weighted by molar-refractivity contribution is 0.132. The van der Waals surface area contributed by atoms with E-state index in [0.717, 1.165) is 46.1 Å². The van der Waals surface area contributed by atoms with Crippen LogP contribution in [0.25, 0.3) is 10.9 Å². The lowest BCUT2D eigenvalue weighted by atomic mass is 9.85. The van der Waals surface area contributed by atoms with Crippen LogP contribution < -0.4 is 14.8 Å². The Morgan fingerprint density at radius 1 is 0.686 bits per heavy atom. The maximum atomic E-state index is 9.54. The predicted octanol–water partition coefficient (Wildman–Crippen LogP) is 6.97. The van der Waals surface area contributed by atoms with Crippen LogP contribution in [0.2, 0.25) is 0 Å². The summed E-state index contributed by atoms with van der Waals surface area (Å²) in [7, 11) is 3.25. The number of nitrogens with zero attached hydrogens (tertiary/aromatic N) is 2. The minimum Gasteiger partial charge on any atom is -0.504 e. The highest BCUT2D eigenvalue weighted by Gasteiger charge is 2.16. The predicted molar refractivity (Wildman–Crippen MR) is 197 cm³/mol. The fraction of sp³-hybridized carbons (Fsp3) is 0.300. The first-order valence-corrected chi connectivity index (χ1v) is 16.5. The number of benzene rings is 4. The van der Waals surface area contributed by atoms with Crippen LogP contribution in [0.4, 0.5) is 11.5 Å². The molecule has 0 bridgehead atoms. The van der Waals surface area contributed by atoms with Gasteiger partial charge in [0.25, 0.3) is 0 Å². The molecule has 0 saturated carbocycles. The van der Waals surface area contributed by atoms with Crippen molar-refractivity contribution < 1.29 is 39.4 Å². The molecule has 51 heavy (non-hydrogen) atoms. The SMILES string of the molecule is C#Cc1cccc(Nc2ncnc3cc(OCCOC)c(OCCOC)cc23)c1.C[C@H](Cc1ccc(O)c(O)c1)[C@@H](C)Cc1ccc(O)c(O)c1. The summed E-state index contributed by atoms with van der Waals surface area (Å²) in [5.74, 6) is 4.76. The summed E-state index contributed by atoms with van der Waals surface area (Å²) < 4.78 is 21.8. The highest BCUT2D eigenvalue weighted by atomic mass is 16.5. The van der Waals surface area contributed by atoms with Crippen LogP contribution in [-0.4, -0.2) is 71.0 Å². The summed E-state index contributed by atoms with van der Waals surface area (Å²) in [6.45, 7) is 5.99. The van der Waals surface area contributed by atoms with Gasteiger partial charge < -0.3 is 44.7 Å². The minimum absolute atomic E-state index is 0.0965. The molecule has 0 aliphatic heterocycles. The molecule has 0 fully saturated rings. The number of terminal acetylenes is 1. The van der Waals surface area contributed by atoms with E-state index in [1.165, 1.54) is 18.5 Å². The van der Waals surface area contributed by atoms with E-state index in [9.17, 15) is 20.4 Å². The molecule has 0 saturated heterocycles. The van der Waals surface area contributed by atoms with E-state index in [0.29, 0.717) is 55.6 Å². The minimum atomic E-state index is -0.107. The first-order chi connectivity index (χ1) is 24.6. The first-order valence-electron chi connectivity index (χ1n) is 16.5. The normalized spacial score (nSPS) is 11.9. The Labute approximate surface area is 298 Å². The van der Waals surface area contributed by atoms with Gasteiger partial charge >= 0.3 is 0 Å². The Bertz CT molecular complexity index is 1870. The summed E-state index contributed by atoms with van der Waals surface area (Å²) in [4.78, 5) is 8.75. The molecular formula is C40H45N3O8. The van der Waals surface area contributed by atoms with E-state index in [-0.39, 0.29) is 23.0 Å². The van der Waals surface area contributed by atoms with Gasteiger partial charge in [-0.2, -0.15) is 0 Å². The molecule has 5 aromatic rings. The van der Waals surface area contributed by atoms with Gasteiger partial charge in [-0.3, -0.25) is 0 Å². The third kappa shape index (κ3) is 11.2. The maximum Gasteiger partial charge on any atom is 0.163 e. The van der Waals surface area contributed by atoms with Gasteiger partial charge in [-0.1, -0.05) is 38.0 Å². The molecule has 268 valence electrons. The molecule has 2 atom stereocenters. The lowest BCUT2D eigenvalue weighted by Crippen LogP contribution is -2.13. The number of fused-ring (bicyclic) bond motifs is 1. The second-order valence-electron chi connectivity index (χ2n) is 12.1. The number of anilines is 2. The van der Waals surface area contributed by atoms with Gasteiger partial charge in [0.2, 0.25) is 0 Å². The third-order valence-corrected chi connectivity index (χ3v) is 8.25. The lowest BCUT2D eigenvalue weighted by Gasteiger charge is -2.20. The second kappa shape index (κ2) is 18.9. The molecule has 4 aromatic carbocycles. The van der Waals surface area contributed by atoms with Crippen molar-refractivity contribution in [2.45, 2.75) is 26.7 Å². The van der Waals surface area contributed by atoms with Crippen molar-refractivity contribution in [1.29, 1.82) is 0 Å². The van der Waals surface area contributed by atoms with E-state index in [2.05, 4.69) is 35.1 Å². The smallest absolute Gasteiger partial charge is 0.163 e. The largest absolute Gasteiger partial charge is 0.504 e. The van der Waals surface area contributed by atoms with Crippen LogP contribution in [0, 0.1) is 24.2 Å². The second-order valence-corrected chi connectivity index (χ2v) is 12.1. The van der Waals surface area contributed by atoms with E-state index in [1.54, 1.807) is 26.4 Å². The highest BCUT2D eigenvalue weighted by Crippen LogP contribution is 2.35. The van der Waals surface area contributed by atoms with Crippen molar-refractivity contribution in [1.82, 2.24) is 9.97 Å². The molecule has 0 spiro atoms. The zero-order valence-electron chi connectivity index (χ0n) is 29.3. The summed E-state index contributed by atoms with van der Waals surface area (Å²) >= 11 is 0. The van der Waals surface area contributed by atoms with Crippen LogP contribution in [0.1, 0.15) is 30.5 Å². The molecular weight excluding hydrogens is 650 g/mol. The third-order valence-electron chi connectivity index (χ3n) is 8.25. The number of aromatic hydroxyl groups is 4. The van der Waals surface area contributed by atoms with Crippen molar-refractivity contribution in [3.8, 4) is 46.8 Å². The Morgan fingerprint density at radius 3 is 1.78 bits per heavy atom. The average Bonchev–Trinajstić information content (AvgIpc) is 3.12. The van der Waals surface area contributed by atoms with Crippen molar-refractivity contribution in [2.75, 3.05) is 46.0 Å². The quantitative estimate of drug-likeness (QED) is 0.0438. The van der Waals surface area contributed by atoms with Gasteiger partial charge in [-0.05, 0) is 84.3 Å². The average molecular weight is 696 g/mol. The topological polar surface area (TPSA) is 156 Å². The van der Waals surface area contributed by atoms with E-state index in [1.807, 2.05) is 48.5 Å². The molecule has 11 nitrogen and oxygen atoms in total. The van der Waals surface area contributed by atoms with E-state index >= 15 is 0 Å². The zero-order chi connectivity index (χ0) is 36.8. The van der Waals surface area contributed by atoms with Crippen LogP contribution >= 0.6 is 0 Å². The molecule has 0 radical (unpaired) electrons. The molecule has 0 aliphatic carbocycles. The number of nitrogens with one attached hydrogen (secondary N) is 1. The number of hydrogen-bond donors (Lipinski definition) is 5. The Kier molecular flexibility index (Phi) is 14.1. The number of methoxy groups -OCH3 is 2. The number of phenolic OH excluding ortho intramolecular Hbond substituents is 4. The highest BCUT2D eigenvalue weighted by molar-refractivity contribution is 5.93. The molecule has 5 rings (SSSR count). The number of ether oxygens (including phenoxy) is 4. The van der Waals surface area contributed by atoms with Crippen molar-refractivity contribution in [3.05, 3.63) is 95.8 Å².